The first-order valence-corrected chi connectivity index (χ1v) is 19.9. The Morgan fingerprint density at radius 3 is 1.61 bits per heavy atom. The first-order valence-electron chi connectivity index (χ1n) is 19.9. The summed E-state index contributed by atoms with van der Waals surface area (Å²) < 4.78 is 2.38. The van der Waals surface area contributed by atoms with Gasteiger partial charge in [0.05, 0.1) is 22.2 Å². The van der Waals surface area contributed by atoms with Crippen LogP contribution in [-0.4, -0.2) is 24.5 Å². The molecule has 59 heavy (non-hydrogen) atoms. The van der Waals surface area contributed by atoms with Crippen LogP contribution in [0, 0.1) is 0 Å². The SMILES string of the molecule is c1ccc(-n2c3ccccc3c3c4c(ccc32)c(-c2cccc(-c3nc(-c5cccc6ccccc56)nc(-c5cccc6ccccc56)n3)c2)nc2ccccc24)cc1. The highest BCUT2D eigenvalue weighted by Crippen LogP contribution is 2.43. The molecule has 0 amide bonds. The number of benzene rings is 9. The summed E-state index contributed by atoms with van der Waals surface area (Å²) >= 11 is 0. The highest BCUT2D eigenvalue weighted by Gasteiger charge is 2.21. The standard InChI is InChI=1S/C54H33N5/c1-2-21-38(22-3-1)59-47-30-11-9-26-44(47)50-48(59)32-31-45-49(50)43-25-8-10-29-46(43)55-51(45)36-19-12-20-37(33-36)52-56-53(41-27-13-17-34-15-4-6-23-39(34)41)58-54(57-52)42-28-14-18-35-16-5-7-24-40(35)42/h1-33H. The Balaban J connectivity index is 1.11. The Morgan fingerprint density at radius 1 is 0.322 bits per heavy atom. The second-order valence-electron chi connectivity index (χ2n) is 15.0. The fourth-order valence-corrected chi connectivity index (χ4v) is 8.97. The molecule has 12 aromatic rings. The molecule has 0 N–H and O–H groups in total. The van der Waals surface area contributed by atoms with E-state index in [4.69, 9.17) is 19.9 Å². The molecule has 0 fully saturated rings. The largest absolute Gasteiger partial charge is 0.309 e. The van der Waals surface area contributed by atoms with Crippen molar-refractivity contribution in [2.24, 2.45) is 0 Å². The number of nitrogens with zero attached hydrogens (tertiary/aromatic N) is 5. The van der Waals surface area contributed by atoms with Gasteiger partial charge < -0.3 is 4.57 Å². The topological polar surface area (TPSA) is 56.5 Å². The van der Waals surface area contributed by atoms with Gasteiger partial charge in [0.1, 0.15) is 0 Å². The van der Waals surface area contributed by atoms with E-state index >= 15 is 0 Å². The maximum absolute atomic E-state index is 5.40. The molecular formula is C54H33N5. The number of para-hydroxylation sites is 3. The summed E-state index contributed by atoms with van der Waals surface area (Å²) in [5.74, 6) is 1.87. The van der Waals surface area contributed by atoms with Crippen LogP contribution in [0.1, 0.15) is 0 Å². The van der Waals surface area contributed by atoms with Gasteiger partial charge in [-0.3, -0.25) is 0 Å². The van der Waals surface area contributed by atoms with E-state index in [1.807, 2.05) is 0 Å². The minimum absolute atomic E-state index is 0.603. The van der Waals surface area contributed by atoms with Crippen molar-refractivity contribution in [2.75, 3.05) is 0 Å². The number of hydrogen-bond donors (Lipinski definition) is 0. The highest BCUT2D eigenvalue weighted by atomic mass is 15.0. The Hall–Kier alpha value is -8.02. The fraction of sp³-hybridized carbons (Fsp3) is 0. The van der Waals surface area contributed by atoms with E-state index in [1.54, 1.807) is 0 Å². The smallest absolute Gasteiger partial charge is 0.164 e. The molecule has 0 radical (unpaired) electrons. The van der Waals surface area contributed by atoms with Crippen LogP contribution >= 0.6 is 0 Å². The van der Waals surface area contributed by atoms with E-state index in [9.17, 15) is 0 Å². The van der Waals surface area contributed by atoms with Crippen molar-refractivity contribution in [1.29, 1.82) is 0 Å². The van der Waals surface area contributed by atoms with E-state index in [0.717, 1.165) is 77.0 Å². The molecule has 5 heteroatoms. The third-order valence-corrected chi connectivity index (χ3v) is 11.6. The molecule has 3 aromatic heterocycles. The van der Waals surface area contributed by atoms with Crippen LogP contribution in [0.5, 0.6) is 0 Å². The lowest BCUT2D eigenvalue weighted by Crippen LogP contribution is -2.01. The summed E-state index contributed by atoms with van der Waals surface area (Å²) in [6, 6.07) is 70.3. The monoisotopic (exact) mass is 751 g/mol. The molecule has 0 aliphatic carbocycles. The average molecular weight is 752 g/mol. The van der Waals surface area contributed by atoms with E-state index in [1.165, 1.54) is 21.7 Å². The van der Waals surface area contributed by atoms with Gasteiger partial charge in [-0.25, -0.2) is 19.9 Å². The normalized spacial score (nSPS) is 11.7. The first kappa shape index (κ1) is 33.2. The minimum atomic E-state index is 0.603. The van der Waals surface area contributed by atoms with Crippen LogP contribution < -0.4 is 0 Å². The molecule has 3 heterocycles. The molecular weight excluding hydrogens is 719 g/mol. The van der Waals surface area contributed by atoms with Gasteiger partial charge in [0.15, 0.2) is 17.5 Å². The summed E-state index contributed by atoms with van der Waals surface area (Å²) in [6.07, 6.45) is 0. The summed E-state index contributed by atoms with van der Waals surface area (Å²) in [5.41, 5.74) is 9.12. The van der Waals surface area contributed by atoms with Crippen molar-refractivity contribution in [3.05, 3.63) is 200 Å². The second kappa shape index (κ2) is 13.3. The van der Waals surface area contributed by atoms with Crippen LogP contribution in [0.2, 0.25) is 0 Å². The third-order valence-electron chi connectivity index (χ3n) is 11.6. The summed E-state index contributed by atoms with van der Waals surface area (Å²) in [6.45, 7) is 0. The van der Waals surface area contributed by atoms with Gasteiger partial charge in [-0.05, 0) is 57.9 Å². The highest BCUT2D eigenvalue weighted by molar-refractivity contribution is 6.29. The van der Waals surface area contributed by atoms with Gasteiger partial charge in [0.2, 0.25) is 0 Å². The summed E-state index contributed by atoms with van der Waals surface area (Å²) in [7, 11) is 0. The number of rotatable bonds is 5. The molecule has 0 saturated carbocycles. The number of hydrogen-bond acceptors (Lipinski definition) is 4. The molecule has 0 bridgehead atoms. The Labute approximate surface area is 339 Å². The van der Waals surface area contributed by atoms with E-state index in [2.05, 4.69) is 205 Å². The Morgan fingerprint density at radius 2 is 0.881 bits per heavy atom. The lowest BCUT2D eigenvalue weighted by Gasteiger charge is -2.14. The number of pyridine rings is 1. The molecule has 9 aromatic carbocycles. The minimum Gasteiger partial charge on any atom is -0.309 e. The van der Waals surface area contributed by atoms with Crippen LogP contribution in [0.4, 0.5) is 0 Å². The number of fused-ring (bicyclic) bond motifs is 9. The van der Waals surface area contributed by atoms with Crippen molar-refractivity contribution >= 4 is 65.0 Å². The zero-order valence-electron chi connectivity index (χ0n) is 31.8. The molecule has 0 saturated heterocycles. The molecule has 5 nitrogen and oxygen atoms in total. The van der Waals surface area contributed by atoms with Crippen LogP contribution in [0.3, 0.4) is 0 Å². The fourth-order valence-electron chi connectivity index (χ4n) is 8.97. The first-order chi connectivity index (χ1) is 29.3. The van der Waals surface area contributed by atoms with E-state index in [0.29, 0.717) is 17.5 Å². The predicted octanol–water partition coefficient (Wildman–Crippen LogP) is 13.6. The third kappa shape index (κ3) is 5.33. The van der Waals surface area contributed by atoms with Crippen molar-refractivity contribution in [2.45, 2.75) is 0 Å². The van der Waals surface area contributed by atoms with Crippen LogP contribution in [0.15, 0.2) is 200 Å². The molecule has 0 spiro atoms. The Kier molecular flexibility index (Phi) is 7.47. The van der Waals surface area contributed by atoms with Gasteiger partial charge in [-0.1, -0.05) is 164 Å². The maximum Gasteiger partial charge on any atom is 0.164 e. The van der Waals surface area contributed by atoms with Crippen molar-refractivity contribution < 1.29 is 0 Å². The maximum atomic E-state index is 5.40. The van der Waals surface area contributed by atoms with Crippen molar-refractivity contribution in [3.8, 4) is 51.1 Å². The lowest BCUT2D eigenvalue weighted by atomic mass is 9.95. The average Bonchev–Trinajstić information content (AvgIpc) is 3.65. The predicted molar refractivity (Wildman–Crippen MR) is 244 cm³/mol. The van der Waals surface area contributed by atoms with E-state index < -0.39 is 0 Å². The zero-order valence-corrected chi connectivity index (χ0v) is 31.8. The number of aromatic nitrogens is 5. The lowest BCUT2D eigenvalue weighted by molar-refractivity contribution is 1.08. The van der Waals surface area contributed by atoms with E-state index in [-0.39, 0.29) is 0 Å². The second-order valence-corrected chi connectivity index (χ2v) is 15.0. The zero-order chi connectivity index (χ0) is 38.9. The quantitative estimate of drug-likeness (QED) is 0.164. The van der Waals surface area contributed by atoms with Gasteiger partial charge >= 0.3 is 0 Å². The molecule has 274 valence electrons. The molecule has 12 rings (SSSR count). The van der Waals surface area contributed by atoms with Crippen LogP contribution in [-0.2, 0) is 0 Å². The Bertz CT molecular complexity index is 3520. The molecule has 0 aliphatic heterocycles. The van der Waals surface area contributed by atoms with Gasteiger partial charge in [-0.15, -0.1) is 0 Å². The van der Waals surface area contributed by atoms with Crippen molar-refractivity contribution in [3.63, 3.8) is 0 Å². The van der Waals surface area contributed by atoms with Gasteiger partial charge in [0.25, 0.3) is 0 Å². The van der Waals surface area contributed by atoms with Gasteiger partial charge in [-0.2, -0.15) is 0 Å². The summed E-state index contributed by atoms with van der Waals surface area (Å²) in [4.78, 5) is 21.1. The molecule has 0 unspecified atom stereocenters. The van der Waals surface area contributed by atoms with Crippen LogP contribution in [0.25, 0.3) is 116 Å². The molecule has 0 atom stereocenters. The molecule has 0 aliphatic rings. The van der Waals surface area contributed by atoms with Gasteiger partial charge in [0, 0.05) is 54.9 Å². The van der Waals surface area contributed by atoms with Crippen molar-refractivity contribution in [1.82, 2.24) is 24.5 Å². The summed E-state index contributed by atoms with van der Waals surface area (Å²) in [5, 5.41) is 10.3.